The lowest BCUT2D eigenvalue weighted by molar-refractivity contribution is -0.144. The number of aliphatic hydroxyl groups is 3. The summed E-state index contributed by atoms with van der Waals surface area (Å²) in [5.41, 5.74) is -0.667. The van der Waals surface area contributed by atoms with E-state index in [1.54, 1.807) is 0 Å². The molecule has 5 N–H and O–H groups in total. The molecule has 0 amide bonds. The molecule has 0 aliphatic carbocycles. The predicted molar refractivity (Wildman–Crippen MR) is 101 cm³/mol. The Bertz CT molecular complexity index is 456. The highest BCUT2D eigenvalue weighted by Gasteiger charge is 2.24. The zero-order chi connectivity index (χ0) is 23.3. The number of aliphatic carboxylic acids is 2. The SMILES string of the molecule is C=CC(=O)OCCC(=O)O.C=CC(=O)OCCC(=O)O.CCC(CO)(CO)CO. The molecule has 0 aromatic heterocycles. The molecule has 0 fully saturated rings. The molecule has 0 spiro atoms. The van der Waals surface area contributed by atoms with Gasteiger partial charge in [0.25, 0.3) is 0 Å². The van der Waals surface area contributed by atoms with Crippen molar-refractivity contribution in [1.82, 2.24) is 0 Å². The third-order valence-corrected chi connectivity index (χ3v) is 3.21. The van der Waals surface area contributed by atoms with Gasteiger partial charge in [-0.05, 0) is 6.42 Å². The second kappa shape index (κ2) is 20.0. The Morgan fingerprint density at radius 3 is 1.24 bits per heavy atom. The summed E-state index contributed by atoms with van der Waals surface area (Å²) in [6, 6.07) is 0. The summed E-state index contributed by atoms with van der Waals surface area (Å²) in [4.78, 5) is 40.2. The number of carboxylic acid groups (broad SMARTS) is 2. The number of hydrogen-bond donors (Lipinski definition) is 5. The molecule has 0 saturated heterocycles. The molecule has 0 unspecified atom stereocenters. The van der Waals surface area contributed by atoms with E-state index in [0.29, 0.717) is 6.42 Å². The van der Waals surface area contributed by atoms with Crippen LogP contribution < -0.4 is 0 Å². The number of hydrogen-bond acceptors (Lipinski definition) is 9. The number of carbonyl (C=O) groups is 4. The molecule has 0 aromatic carbocycles. The first-order chi connectivity index (χ1) is 13.6. The quantitative estimate of drug-likeness (QED) is 0.206. The van der Waals surface area contributed by atoms with E-state index in [1.165, 1.54) is 0 Å². The van der Waals surface area contributed by atoms with Gasteiger partial charge in [-0.2, -0.15) is 0 Å². The monoisotopic (exact) mass is 422 g/mol. The van der Waals surface area contributed by atoms with E-state index in [2.05, 4.69) is 22.6 Å². The minimum atomic E-state index is -0.989. The number of ether oxygens (including phenoxy) is 2. The zero-order valence-corrected chi connectivity index (χ0v) is 16.4. The summed E-state index contributed by atoms with van der Waals surface area (Å²) in [5, 5.41) is 42.1. The van der Waals surface area contributed by atoms with Gasteiger partial charge in [-0.1, -0.05) is 20.1 Å². The standard InChI is InChI=1S/2C6H8O4.C6H14O3/c2*1-2-6(9)10-4-3-5(7)8;1-2-6(3-7,4-8)5-9/h2*2H,1,3-4H2,(H,7,8);7-9H,2-5H2,1H3. The molecule has 0 aromatic rings. The summed E-state index contributed by atoms with van der Waals surface area (Å²) < 4.78 is 8.73. The second-order valence-corrected chi connectivity index (χ2v) is 5.36. The summed E-state index contributed by atoms with van der Waals surface area (Å²) >= 11 is 0. The van der Waals surface area contributed by atoms with Gasteiger partial charge in [0.15, 0.2) is 0 Å². The van der Waals surface area contributed by atoms with Gasteiger partial charge >= 0.3 is 23.9 Å². The summed E-state index contributed by atoms with van der Waals surface area (Å²) in [6.07, 6.45) is 2.24. The maximum absolute atomic E-state index is 10.3. The Morgan fingerprint density at radius 1 is 0.793 bits per heavy atom. The number of carbonyl (C=O) groups excluding carboxylic acids is 2. The molecule has 0 atom stereocenters. The van der Waals surface area contributed by atoms with Gasteiger partial charge in [0, 0.05) is 17.6 Å². The Kier molecular flexibility index (Phi) is 21.3. The molecule has 0 aliphatic heterocycles. The smallest absolute Gasteiger partial charge is 0.330 e. The number of rotatable bonds is 12. The van der Waals surface area contributed by atoms with Crippen LogP contribution in [0.3, 0.4) is 0 Å². The van der Waals surface area contributed by atoms with Crippen LogP contribution in [0.1, 0.15) is 26.2 Å². The minimum absolute atomic E-state index is 0.0970. The average Bonchev–Trinajstić information content (AvgIpc) is 2.70. The van der Waals surface area contributed by atoms with Crippen molar-refractivity contribution in [2.45, 2.75) is 26.2 Å². The van der Waals surface area contributed by atoms with E-state index >= 15 is 0 Å². The molecular weight excluding hydrogens is 392 g/mol. The van der Waals surface area contributed by atoms with Crippen LogP contribution in [0, 0.1) is 5.41 Å². The zero-order valence-electron chi connectivity index (χ0n) is 16.4. The molecule has 0 bridgehead atoms. The van der Waals surface area contributed by atoms with Crippen molar-refractivity contribution in [2.24, 2.45) is 5.41 Å². The van der Waals surface area contributed by atoms with Gasteiger partial charge in [-0.3, -0.25) is 9.59 Å². The Labute approximate surface area is 168 Å². The van der Waals surface area contributed by atoms with Crippen molar-refractivity contribution >= 4 is 23.9 Å². The van der Waals surface area contributed by atoms with Crippen LogP contribution in [0.5, 0.6) is 0 Å². The number of carboxylic acids is 2. The lowest BCUT2D eigenvalue weighted by Crippen LogP contribution is -2.32. The first-order valence-electron chi connectivity index (χ1n) is 8.42. The highest BCUT2D eigenvalue weighted by atomic mass is 16.5. The van der Waals surface area contributed by atoms with E-state index in [0.717, 1.165) is 12.2 Å². The first kappa shape index (κ1) is 31.0. The molecule has 0 saturated carbocycles. The van der Waals surface area contributed by atoms with E-state index in [9.17, 15) is 19.2 Å². The van der Waals surface area contributed by atoms with Crippen LogP contribution in [0.25, 0.3) is 0 Å². The van der Waals surface area contributed by atoms with Crippen molar-refractivity contribution in [2.75, 3.05) is 33.0 Å². The molecule has 11 heteroatoms. The average molecular weight is 422 g/mol. The molecular formula is C18H30O11. The molecule has 11 nitrogen and oxygen atoms in total. The lowest BCUT2D eigenvalue weighted by Gasteiger charge is -2.24. The highest BCUT2D eigenvalue weighted by Crippen LogP contribution is 2.18. The molecule has 168 valence electrons. The van der Waals surface area contributed by atoms with Crippen LogP contribution in [-0.2, 0) is 28.7 Å². The van der Waals surface area contributed by atoms with Crippen molar-refractivity contribution in [3.05, 3.63) is 25.3 Å². The van der Waals surface area contributed by atoms with Crippen LogP contribution in [0.2, 0.25) is 0 Å². The minimum Gasteiger partial charge on any atom is -0.481 e. The van der Waals surface area contributed by atoms with Crippen LogP contribution >= 0.6 is 0 Å². The van der Waals surface area contributed by atoms with Crippen LogP contribution in [0.15, 0.2) is 25.3 Å². The fourth-order valence-corrected chi connectivity index (χ4v) is 1.08. The summed E-state index contributed by atoms with van der Waals surface area (Å²) in [6.45, 7) is 7.43. The van der Waals surface area contributed by atoms with E-state index in [4.69, 9.17) is 25.5 Å². The molecule has 0 aliphatic rings. The third-order valence-electron chi connectivity index (χ3n) is 3.21. The van der Waals surface area contributed by atoms with E-state index in [-0.39, 0.29) is 45.9 Å². The predicted octanol–water partition coefficient (Wildman–Crippen LogP) is -0.260. The third kappa shape index (κ3) is 21.4. The molecule has 0 rings (SSSR count). The molecule has 0 heterocycles. The highest BCUT2D eigenvalue weighted by molar-refractivity contribution is 5.81. The van der Waals surface area contributed by atoms with Crippen molar-refractivity contribution in [3.8, 4) is 0 Å². The van der Waals surface area contributed by atoms with Crippen LogP contribution in [0.4, 0.5) is 0 Å². The fourth-order valence-electron chi connectivity index (χ4n) is 1.08. The normalized spacial score (nSPS) is 9.52. The Balaban J connectivity index is -0.000000350. The van der Waals surface area contributed by atoms with Gasteiger partial charge in [-0.25, -0.2) is 9.59 Å². The maximum Gasteiger partial charge on any atom is 0.330 e. The lowest BCUT2D eigenvalue weighted by atomic mass is 9.88. The van der Waals surface area contributed by atoms with Gasteiger partial charge in [0.05, 0.1) is 32.7 Å². The fraction of sp³-hybridized carbons (Fsp3) is 0.556. The summed E-state index contributed by atoms with van der Waals surface area (Å²) in [7, 11) is 0. The van der Waals surface area contributed by atoms with Gasteiger partial charge in [0.1, 0.15) is 13.2 Å². The topological polar surface area (TPSA) is 188 Å². The maximum atomic E-state index is 10.3. The number of aliphatic hydroxyl groups excluding tert-OH is 3. The Morgan fingerprint density at radius 2 is 1.10 bits per heavy atom. The van der Waals surface area contributed by atoms with Crippen molar-refractivity contribution in [3.63, 3.8) is 0 Å². The number of esters is 2. The second-order valence-electron chi connectivity index (χ2n) is 5.36. The van der Waals surface area contributed by atoms with Gasteiger partial charge in [-0.15, -0.1) is 0 Å². The molecule has 29 heavy (non-hydrogen) atoms. The van der Waals surface area contributed by atoms with Crippen LogP contribution in [-0.4, -0.2) is 82.4 Å². The first-order valence-corrected chi connectivity index (χ1v) is 8.42. The van der Waals surface area contributed by atoms with Crippen molar-refractivity contribution in [1.29, 1.82) is 0 Å². The van der Waals surface area contributed by atoms with E-state index < -0.39 is 29.3 Å². The van der Waals surface area contributed by atoms with Gasteiger partial charge in [0.2, 0.25) is 0 Å². The van der Waals surface area contributed by atoms with E-state index in [1.807, 2.05) is 6.92 Å². The van der Waals surface area contributed by atoms with Crippen molar-refractivity contribution < 1.29 is 54.2 Å². The molecule has 0 radical (unpaired) electrons. The van der Waals surface area contributed by atoms with Gasteiger partial charge < -0.3 is 35.0 Å². The summed E-state index contributed by atoms with van der Waals surface area (Å²) in [5.74, 6) is -3.17. The largest absolute Gasteiger partial charge is 0.481 e. The Hall–Kier alpha value is -2.76.